The van der Waals surface area contributed by atoms with Crippen LogP contribution in [0.3, 0.4) is 0 Å². The van der Waals surface area contributed by atoms with Crippen LogP contribution in [0.1, 0.15) is 36.5 Å². The molecule has 0 aliphatic carbocycles. The fourth-order valence-electron chi connectivity index (χ4n) is 2.58. The number of hydrogen-bond donors (Lipinski definition) is 1. The third kappa shape index (κ3) is 5.47. The molecule has 0 aliphatic rings. The highest BCUT2D eigenvalue weighted by Crippen LogP contribution is 2.34. The highest BCUT2D eigenvalue weighted by molar-refractivity contribution is 9.10. The maximum Gasteiger partial charge on any atom is 0.195 e. The van der Waals surface area contributed by atoms with Gasteiger partial charge in [-0.1, -0.05) is 53.5 Å². The van der Waals surface area contributed by atoms with E-state index in [2.05, 4.69) is 15.9 Å². The average Bonchev–Trinajstić information content (AvgIpc) is 2.57. The van der Waals surface area contributed by atoms with Gasteiger partial charge in [-0.3, -0.25) is 4.79 Å². The van der Waals surface area contributed by atoms with E-state index in [9.17, 15) is 9.90 Å². The Labute approximate surface area is 167 Å². The van der Waals surface area contributed by atoms with E-state index in [0.717, 1.165) is 21.2 Å². The van der Waals surface area contributed by atoms with Gasteiger partial charge in [0.2, 0.25) is 0 Å². The molecule has 0 unspecified atom stereocenters. The summed E-state index contributed by atoms with van der Waals surface area (Å²) in [5.41, 5.74) is 2.88. The van der Waals surface area contributed by atoms with E-state index >= 15 is 0 Å². The van der Waals surface area contributed by atoms with E-state index in [1.165, 1.54) is 7.11 Å². The first-order valence-corrected chi connectivity index (χ1v) is 9.42. The van der Waals surface area contributed by atoms with Gasteiger partial charge in [0, 0.05) is 23.0 Å². The Kier molecular flexibility index (Phi) is 7.50. The summed E-state index contributed by atoms with van der Waals surface area (Å²) in [6.07, 6.45) is 0.613. The number of carbonyl (C=O) groups excluding carboxylic acids is 1. The number of ether oxygens (including phenoxy) is 2. The number of methoxy groups -OCH3 is 1. The standard InChI is InChI=1S/C20H22BrClO4/c1-12(2)16-6-13(4-5-20(16)24)7-17-18(21)8-15(9-19(17)22)26-11-14(23)10-25-3/h4-6,8-9,12,24H,7,10-11H2,1-3H3. The summed E-state index contributed by atoms with van der Waals surface area (Å²) >= 11 is 9.96. The van der Waals surface area contributed by atoms with Gasteiger partial charge in [-0.05, 0) is 40.8 Å². The van der Waals surface area contributed by atoms with Crippen molar-refractivity contribution in [2.75, 3.05) is 20.3 Å². The number of phenols is 1. The van der Waals surface area contributed by atoms with E-state index in [-0.39, 0.29) is 24.9 Å². The van der Waals surface area contributed by atoms with Crippen molar-refractivity contribution in [3.8, 4) is 11.5 Å². The van der Waals surface area contributed by atoms with Gasteiger partial charge in [0.15, 0.2) is 5.78 Å². The van der Waals surface area contributed by atoms with Gasteiger partial charge in [0.25, 0.3) is 0 Å². The smallest absolute Gasteiger partial charge is 0.195 e. The van der Waals surface area contributed by atoms with Crippen LogP contribution in [-0.2, 0) is 16.0 Å². The highest BCUT2D eigenvalue weighted by Gasteiger charge is 2.13. The summed E-state index contributed by atoms with van der Waals surface area (Å²) in [6, 6.07) is 9.09. The fraction of sp³-hybridized carbons (Fsp3) is 0.350. The lowest BCUT2D eigenvalue weighted by Crippen LogP contribution is -2.16. The molecule has 0 fully saturated rings. The molecule has 0 bridgehead atoms. The molecule has 0 aromatic heterocycles. The van der Waals surface area contributed by atoms with Crippen molar-refractivity contribution in [3.63, 3.8) is 0 Å². The number of halogens is 2. The average molecular weight is 442 g/mol. The zero-order valence-electron chi connectivity index (χ0n) is 15.0. The molecule has 2 aromatic carbocycles. The van der Waals surface area contributed by atoms with Crippen LogP contribution in [0.25, 0.3) is 0 Å². The quantitative estimate of drug-likeness (QED) is 0.618. The van der Waals surface area contributed by atoms with Crippen molar-refractivity contribution in [3.05, 3.63) is 56.5 Å². The van der Waals surface area contributed by atoms with E-state index in [0.29, 0.717) is 22.9 Å². The number of aromatic hydroxyl groups is 1. The molecule has 0 saturated carbocycles. The van der Waals surface area contributed by atoms with E-state index in [1.807, 2.05) is 26.0 Å². The van der Waals surface area contributed by atoms with Crippen LogP contribution in [0.4, 0.5) is 0 Å². The zero-order chi connectivity index (χ0) is 19.3. The summed E-state index contributed by atoms with van der Waals surface area (Å²) < 4.78 is 11.1. The predicted octanol–water partition coefficient (Wildman–Crippen LogP) is 5.12. The van der Waals surface area contributed by atoms with Gasteiger partial charge in [-0.25, -0.2) is 0 Å². The molecule has 140 valence electrons. The van der Waals surface area contributed by atoms with E-state index < -0.39 is 0 Å². The third-order valence-corrected chi connectivity index (χ3v) is 4.96. The van der Waals surface area contributed by atoms with Crippen molar-refractivity contribution in [1.82, 2.24) is 0 Å². The second kappa shape index (κ2) is 9.40. The molecule has 0 amide bonds. The molecule has 4 nitrogen and oxygen atoms in total. The molecule has 2 rings (SSSR count). The van der Waals surface area contributed by atoms with Gasteiger partial charge < -0.3 is 14.6 Å². The second-order valence-electron chi connectivity index (χ2n) is 6.35. The lowest BCUT2D eigenvalue weighted by molar-refractivity contribution is -0.124. The molecule has 0 spiro atoms. The van der Waals surface area contributed by atoms with Crippen LogP contribution in [-0.4, -0.2) is 31.2 Å². The first kappa shape index (κ1) is 20.7. The Hall–Kier alpha value is -1.56. The first-order valence-electron chi connectivity index (χ1n) is 8.25. The number of ketones is 1. The monoisotopic (exact) mass is 440 g/mol. The van der Waals surface area contributed by atoms with Crippen molar-refractivity contribution in [2.24, 2.45) is 0 Å². The summed E-state index contributed by atoms with van der Waals surface area (Å²) in [7, 11) is 1.47. The minimum absolute atomic E-state index is 0.0199. The SMILES string of the molecule is COCC(=O)COc1cc(Cl)c(Cc2ccc(O)c(C(C)C)c2)c(Br)c1. The summed E-state index contributed by atoms with van der Waals surface area (Å²) in [5, 5.41) is 10.5. The molecule has 2 aromatic rings. The van der Waals surface area contributed by atoms with Gasteiger partial charge in [-0.2, -0.15) is 0 Å². The molecule has 0 atom stereocenters. The van der Waals surface area contributed by atoms with Crippen LogP contribution >= 0.6 is 27.5 Å². The Morgan fingerprint density at radius 2 is 1.96 bits per heavy atom. The Morgan fingerprint density at radius 1 is 1.23 bits per heavy atom. The fourth-order valence-corrected chi connectivity index (χ4v) is 3.55. The molecular weight excluding hydrogens is 420 g/mol. The van der Waals surface area contributed by atoms with Crippen LogP contribution in [0, 0.1) is 0 Å². The normalized spacial score (nSPS) is 11.0. The molecule has 0 saturated heterocycles. The van der Waals surface area contributed by atoms with Gasteiger partial charge in [0.05, 0.1) is 0 Å². The summed E-state index contributed by atoms with van der Waals surface area (Å²) in [4.78, 5) is 11.5. The first-order chi connectivity index (χ1) is 12.3. The molecular formula is C20H22BrClO4. The number of benzene rings is 2. The van der Waals surface area contributed by atoms with Crippen LogP contribution in [0.2, 0.25) is 5.02 Å². The lowest BCUT2D eigenvalue weighted by Gasteiger charge is -2.14. The Morgan fingerprint density at radius 3 is 2.58 bits per heavy atom. The molecule has 1 N–H and O–H groups in total. The molecule has 0 heterocycles. The van der Waals surface area contributed by atoms with Gasteiger partial charge in [0.1, 0.15) is 24.7 Å². The topological polar surface area (TPSA) is 55.8 Å². The number of hydrogen-bond acceptors (Lipinski definition) is 4. The van der Waals surface area contributed by atoms with Crippen molar-refractivity contribution in [2.45, 2.75) is 26.2 Å². The Bertz CT molecular complexity index is 766. The van der Waals surface area contributed by atoms with Crippen molar-refractivity contribution < 1.29 is 19.4 Å². The number of carbonyl (C=O) groups is 1. The third-order valence-electron chi connectivity index (χ3n) is 3.91. The van der Waals surface area contributed by atoms with Crippen LogP contribution in [0.5, 0.6) is 11.5 Å². The minimum atomic E-state index is -0.144. The molecule has 0 radical (unpaired) electrons. The summed E-state index contributed by atoms with van der Waals surface area (Å²) in [6.45, 7) is 4.04. The number of phenolic OH excluding ortho intramolecular Hbond substituents is 1. The maximum absolute atomic E-state index is 11.5. The second-order valence-corrected chi connectivity index (χ2v) is 7.61. The molecule has 26 heavy (non-hydrogen) atoms. The predicted molar refractivity (Wildman–Crippen MR) is 107 cm³/mol. The number of rotatable bonds is 8. The van der Waals surface area contributed by atoms with Gasteiger partial charge in [-0.15, -0.1) is 0 Å². The van der Waals surface area contributed by atoms with Gasteiger partial charge >= 0.3 is 0 Å². The highest BCUT2D eigenvalue weighted by atomic mass is 79.9. The minimum Gasteiger partial charge on any atom is -0.508 e. The van der Waals surface area contributed by atoms with E-state index in [1.54, 1.807) is 18.2 Å². The maximum atomic E-state index is 11.5. The lowest BCUT2D eigenvalue weighted by atomic mass is 9.96. The van der Waals surface area contributed by atoms with Crippen LogP contribution < -0.4 is 4.74 Å². The summed E-state index contributed by atoms with van der Waals surface area (Å²) in [5.74, 6) is 0.908. The molecule has 6 heteroatoms. The van der Waals surface area contributed by atoms with E-state index in [4.69, 9.17) is 21.1 Å². The largest absolute Gasteiger partial charge is 0.508 e. The van der Waals surface area contributed by atoms with Crippen molar-refractivity contribution >= 4 is 33.3 Å². The Balaban J connectivity index is 2.18. The van der Waals surface area contributed by atoms with Crippen molar-refractivity contribution in [1.29, 1.82) is 0 Å². The van der Waals surface area contributed by atoms with Crippen LogP contribution in [0.15, 0.2) is 34.8 Å². The molecule has 0 aliphatic heterocycles. The number of Topliss-reactive ketones (excluding diaryl/α,β-unsaturated/α-hetero) is 1. The zero-order valence-corrected chi connectivity index (χ0v) is 17.4.